The van der Waals surface area contributed by atoms with E-state index in [2.05, 4.69) is 9.97 Å². The number of benzene rings is 1. The minimum atomic E-state index is -0.518. The van der Waals surface area contributed by atoms with Crippen LogP contribution >= 0.6 is 11.3 Å². The second-order valence-electron chi connectivity index (χ2n) is 6.61. The van der Waals surface area contributed by atoms with Crippen LogP contribution in [-0.4, -0.2) is 40.4 Å². The number of oxazole rings is 1. The number of carbonyl (C=O) groups is 2. The summed E-state index contributed by atoms with van der Waals surface area (Å²) in [6.45, 7) is 2.60. The van der Waals surface area contributed by atoms with Crippen LogP contribution in [0, 0.1) is 6.92 Å². The van der Waals surface area contributed by atoms with Gasteiger partial charge in [0.25, 0.3) is 5.91 Å². The van der Waals surface area contributed by atoms with Crippen LogP contribution in [0.15, 0.2) is 40.5 Å². The molecule has 0 radical (unpaired) electrons. The first-order valence-electron chi connectivity index (χ1n) is 8.93. The first-order chi connectivity index (χ1) is 13.6. The first kappa shape index (κ1) is 18.4. The smallest absolute Gasteiger partial charge is 0.337 e. The van der Waals surface area contributed by atoms with Crippen LogP contribution in [-0.2, 0) is 4.74 Å². The van der Waals surface area contributed by atoms with Crippen molar-refractivity contribution in [3.8, 4) is 11.5 Å². The van der Waals surface area contributed by atoms with E-state index in [1.807, 2.05) is 17.2 Å². The molecule has 1 aliphatic heterocycles. The SMILES string of the molecule is COC(=O)c1cc(C(=O)N2CCCC2c2nc(C)cs2)cc(-c2ncco2)c1. The number of thiazole rings is 1. The monoisotopic (exact) mass is 397 g/mol. The van der Waals surface area contributed by atoms with Crippen molar-refractivity contribution in [1.82, 2.24) is 14.9 Å². The van der Waals surface area contributed by atoms with Gasteiger partial charge in [-0.2, -0.15) is 0 Å². The number of nitrogens with zero attached hydrogens (tertiary/aromatic N) is 3. The summed E-state index contributed by atoms with van der Waals surface area (Å²) in [4.78, 5) is 35.9. The summed E-state index contributed by atoms with van der Waals surface area (Å²) in [5.41, 5.74) is 2.19. The number of hydrogen-bond donors (Lipinski definition) is 0. The van der Waals surface area contributed by atoms with E-state index in [1.54, 1.807) is 29.5 Å². The molecule has 7 nitrogen and oxygen atoms in total. The van der Waals surface area contributed by atoms with E-state index in [-0.39, 0.29) is 17.5 Å². The molecule has 3 heterocycles. The number of aryl methyl sites for hydroxylation is 1. The Morgan fingerprint density at radius 1 is 1.29 bits per heavy atom. The predicted octanol–water partition coefficient (Wildman–Crippen LogP) is 3.87. The highest BCUT2D eigenvalue weighted by Gasteiger charge is 2.33. The van der Waals surface area contributed by atoms with Gasteiger partial charge in [0.05, 0.1) is 24.9 Å². The Morgan fingerprint density at radius 2 is 2.11 bits per heavy atom. The largest absolute Gasteiger partial charge is 0.465 e. The van der Waals surface area contributed by atoms with Gasteiger partial charge in [0.2, 0.25) is 5.89 Å². The maximum Gasteiger partial charge on any atom is 0.337 e. The molecule has 144 valence electrons. The number of amides is 1. The van der Waals surface area contributed by atoms with Gasteiger partial charge >= 0.3 is 5.97 Å². The van der Waals surface area contributed by atoms with Crippen molar-refractivity contribution in [1.29, 1.82) is 0 Å². The lowest BCUT2D eigenvalue weighted by molar-refractivity contribution is 0.0600. The highest BCUT2D eigenvalue weighted by atomic mass is 32.1. The van der Waals surface area contributed by atoms with E-state index < -0.39 is 5.97 Å². The highest BCUT2D eigenvalue weighted by Crippen LogP contribution is 2.35. The fourth-order valence-corrected chi connectivity index (χ4v) is 4.38. The molecule has 1 aliphatic rings. The van der Waals surface area contributed by atoms with Crippen molar-refractivity contribution in [2.45, 2.75) is 25.8 Å². The predicted molar refractivity (Wildman–Crippen MR) is 103 cm³/mol. The molecular weight excluding hydrogens is 378 g/mol. The van der Waals surface area contributed by atoms with E-state index in [0.29, 0.717) is 23.6 Å². The van der Waals surface area contributed by atoms with Crippen LogP contribution in [0.4, 0.5) is 0 Å². The number of methoxy groups -OCH3 is 1. The van der Waals surface area contributed by atoms with Crippen molar-refractivity contribution in [2.75, 3.05) is 13.7 Å². The maximum absolute atomic E-state index is 13.3. The summed E-state index contributed by atoms with van der Waals surface area (Å²) in [6, 6.07) is 4.82. The lowest BCUT2D eigenvalue weighted by atomic mass is 10.0. The Balaban J connectivity index is 1.71. The zero-order chi connectivity index (χ0) is 19.7. The van der Waals surface area contributed by atoms with Crippen molar-refractivity contribution in [3.63, 3.8) is 0 Å². The van der Waals surface area contributed by atoms with Crippen molar-refractivity contribution >= 4 is 23.2 Å². The molecule has 0 bridgehead atoms. The Hall–Kier alpha value is -3.00. The van der Waals surface area contributed by atoms with E-state index in [9.17, 15) is 9.59 Å². The van der Waals surface area contributed by atoms with E-state index in [1.165, 1.54) is 19.6 Å². The molecular formula is C20H19N3O4S. The van der Waals surface area contributed by atoms with E-state index in [0.717, 1.165) is 23.5 Å². The molecule has 28 heavy (non-hydrogen) atoms. The molecule has 8 heteroatoms. The van der Waals surface area contributed by atoms with Crippen LogP contribution in [0.2, 0.25) is 0 Å². The number of likely N-dealkylation sites (tertiary alicyclic amines) is 1. The van der Waals surface area contributed by atoms with Crippen LogP contribution < -0.4 is 0 Å². The minimum Gasteiger partial charge on any atom is -0.465 e. The van der Waals surface area contributed by atoms with Crippen LogP contribution in [0.3, 0.4) is 0 Å². The summed E-state index contributed by atoms with van der Waals surface area (Å²) >= 11 is 1.57. The lowest BCUT2D eigenvalue weighted by Crippen LogP contribution is -2.30. The lowest BCUT2D eigenvalue weighted by Gasteiger charge is -2.23. The van der Waals surface area contributed by atoms with E-state index in [4.69, 9.17) is 9.15 Å². The molecule has 4 rings (SSSR count). The average Bonchev–Trinajstić information content (AvgIpc) is 3.47. The quantitative estimate of drug-likeness (QED) is 0.621. The fraction of sp³-hybridized carbons (Fsp3) is 0.300. The van der Waals surface area contributed by atoms with Gasteiger partial charge in [-0.1, -0.05) is 0 Å². The number of hydrogen-bond acceptors (Lipinski definition) is 7. The standard InChI is InChI=1S/C20H19N3O4S/c1-12-11-28-18(22-12)16-4-3-6-23(16)19(24)14-8-13(17-21-5-7-27-17)9-15(10-14)20(25)26-2/h5,7-11,16H,3-4,6H2,1-2H3. The summed E-state index contributed by atoms with van der Waals surface area (Å²) in [5.74, 6) is -0.321. The molecule has 0 N–H and O–H groups in total. The zero-order valence-corrected chi connectivity index (χ0v) is 16.4. The number of rotatable bonds is 4. The van der Waals surface area contributed by atoms with Gasteiger partial charge in [-0.15, -0.1) is 11.3 Å². The molecule has 1 unspecified atom stereocenters. The molecule has 3 aromatic rings. The minimum absolute atomic E-state index is 0.0434. The summed E-state index contributed by atoms with van der Waals surface area (Å²) < 4.78 is 10.2. The molecule has 1 saturated heterocycles. The first-order valence-corrected chi connectivity index (χ1v) is 9.81. The fourth-order valence-electron chi connectivity index (χ4n) is 3.43. The Kier molecular flexibility index (Phi) is 4.95. The normalized spacial score (nSPS) is 16.4. The van der Waals surface area contributed by atoms with Gasteiger partial charge < -0.3 is 14.1 Å². The molecule has 1 atom stereocenters. The molecule has 0 aliphatic carbocycles. The van der Waals surface area contributed by atoms with Gasteiger partial charge in [0, 0.05) is 28.7 Å². The van der Waals surface area contributed by atoms with Gasteiger partial charge in [-0.05, 0) is 38.0 Å². The summed E-state index contributed by atoms with van der Waals surface area (Å²) in [5, 5.41) is 2.94. The summed E-state index contributed by atoms with van der Waals surface area (Å²) in [6.07, 6.45) is 4.76. The van der Waals surface area contributed by atoms with E-state index >= 15 is 0 Å². The number of esters is 1. The van der Waals surface area contributed by atoms with Gasteiger partial charge in [-0.3, -0.25) is 4.79 Å². The number of carbonyl (C=O) groups excluding carboxylic acids is 2. The van der Waals surface area contributed by atoms with Crippen LogP contribution in [0.5, 0.6) is 0 Å². The topological polar surface area (TPSA) is 85.5 Å². The zero-order valence-electron chi connectivity index (χ0n) is 15.5. The molecule has 0 saturated carbocycles. The Labute approximate surface area is 166 Å². The third kappa shape index (κ3) is 3.43. The van der Waals surface area contributed by atoms with Crippen molar-refractivity contribution in [3.05, 3.63) is 57.9 Å². The van der Waals surface area contributed by atoms with Crippen LogP contribution in [0.1, 0.15) is 50.3 Å². The Morgan fingerprint density at radius 3 is 2.79 bits per heavy atom. The maximum atomic E-state index is 13.3. The highest BCUT2D eigenvalue weighted by molar-refractivity contribution is 7.09. The molecule has 2 aromatic heterocycles. The second kappa shape index (κ2) is 7.55. The molecule has 1 amide bonds. The Bertz CT molecular complexity index is 1010. The van der Waals surface area contributed by atoms with Crippen molar-refractivity contribution in [2.24, 2.45) is 0 Å². The molecule has 1 fully saturated rings. The second-order valence-corrected chi connectivity index (χ2v) is 7.50. The molecule has 0 spiro atoms. The third-order valence-corrected chi connectivity index (χ3v) is 5.78. The van der Waals surface area contributed by atoms with Gasteiger partial charge in [0.15, 0.2) is 0 Å². The van der Waals surface area contributed by atoms with Crippen LogP contribution in [0.25, 0.3) is 11.5 Å². The number of ether oxygens (including phenoxy) is 1. The molecule has 1 aromatic carbocycles. The van der Waals surface area contributed by atoms with Gasteiger partial charge in [0.1, 0.15) is 11.3 Å². The summed E-state index contributed by atoms with van der Waals surface area (Å²) in [7, 11) is 1.31. The average molecular weight is 397 g/mol. The van der Waals surface area contributed by atoms with Gasteiger partial charge in [-0.25, -0.2) is 14.8 Å². The third-order valence-electron chi connectivity index (χ3n) is 4.72. The van der Waals surface area contributed by atoms with Crippen molar-refractivity contribution < 1.29 is 18.7 Å². The number of aromatic nitrogens is 2.